The summed E-state index contributed by atoms with van der Waals surface area (Å²) in [6, 6.07) is 6.13. The molecule has 0 amide bonds. The standard InChI is InChI=1S/C19H25ClN4O2S/c1-19(6-9-26-10-7-19)18(25)24-17(22-12-13-4-5-16(20)27-13)11-15(23-24)14-3-2-8-21-14/h4-5,11,14,21-22H,2-3,6-10,12H2,1H3. The molecule has 27 heavy (non-hydrogen) atoms. The van der Waals surface area contributed by atoms with Crippen LogP contribution in [0.5, 0.6) is 0 Å². The molecule has 2 saturated heterocycles. The van der Waals surface area contributed by atoms with Crippen LogP contribution in [0.2, 0.25) is 4.34 Å². The van der Waals surface area contributed by atoms with Crippen molar-refractivity contribution in [3.63, 3.8) is 0 Å². The normalized spacial score (nSPS) is 22.1. The fraction of sp³-hybridized carbons (Fsp3) is 0.579. The van der Waals surface area contributed by atoms with Crippen molar-refractivity contribution >= 4 is 34.7 Å². The van der Waals surface area contributed by atoms with Gasteiger partial charge in [-0.1, -0.05) is 18.5 Å². The fourth-order valence-electron chi connectivity index (χ4n) is 3.70. The van der Waals surface area contributed by atoms with Crippen LogP contribution in [0.4, 0.5) is 5.82 Å². The van der Waals surface area contributed by atoms with Crippen LogP contribution in [-0.4, -0.2) is 35.4 Å². The Morgan fingerprint density at radius 1 is 1.48 bits per heavy atom. The molecule has 8 heteroatoms. The third-order valence-electron chi connectivity index (χ3n) is 5.52. The lowest BCUT2D eigenvalue weighted by molar-refractivity contribution is 0.0168. The van der Waals surface area contributed by atoms with Crippen LogP contribution in [0.25, 0.3) is 0 Å². The maximum absolute atomic E-state index is 13.4. The summed E-state index contributed by atoms with van der Waals surface area (Å²) >= 11 is 7.57. The van der Waals surface area contributed by atoms with Gasteiger partial charge in [0.1, 0.15) is 5.82 Å². The van der Waals surface area contributed by atoms with Gasteiger partial charge in [-0.3, -0.25) is 4.79 Å². The molecule has 0 spiro atoms. The molecule has 2 aliphatic heterocycles. The second-order valence-corrected chi connectivity index (χ2v) is 9.35. The minimum atomic E-state index is -0.437. The first-order valence-electron chi connectivity index (χ1n) is 9.49. The monoisotopic (exact) mass is 408 g/mol. The molecule has 146 valence electrons. The van der Waals surface area contributed by atoms with E-state index in [1.165, 1.54) is 0 Å². The average molecular weight is 409 g/mol. The number of rotatable bonds is 5. The van der Waals surface area contributed by atoms with Crippen molar-refractivity contribution < 1.29 is 9.53 Å². The first kappa shape index (κ1) is 18.9. The summed E-state index contributed by atoms with van der Waals surface area (Å²) in [5, 5.41) is 11.6. The van der Waals surface area contributed by atoms with E-state index in [0.717, 1.165) is 53.0 Å². The lowest BCUT2D eigenvalue weighted by Gasteiger charge is -2.31. The van der Waals surface area contributed by atoms with Crippen LogP contribution >= 0.6 is 22.9 Å². The van der Waals surface area contributed by atoms with Crippen molar-refractivity contribution in [2.45, 2.75) is 45.2 Å². The Hall–Kier alpha value is -1.41. The van der Waals surface area contributed by atoms with Crippen molar-refractivity contribution in [3.05, 3.63) is 33.1 Å². The van der Waals surface area contributed by atoms with Crippen molar-refractivity contribution in [2.75, 3.05) is 25.1 Å². The van der Waals surface area contributed by atoms with Gasteiger partial charge in [-0.05, 0) is 44.4 Å². The third-order valence-corrected chi connectivity index (χ3v) is 6.75. The molecule has 0 aliphatic carbocycles. The first-order chi connectivity index (χ1) is 13.0. The summed E-state index contributed by atoms with van der Waals surface area (Å²) in [5.41, 5.74) is 0.496. The van der Waals surface area contributed by atoms with Gasteiger partial charge in [0.25, 0.3) is 5.91 Å². The number of anilines is 1. The second kappa shape index (κ2) is 7.91. The number of carbonyl (C=O) groups is 1. The molecular weight excluding hydrogens is 384 g/mol. The Balaban J connectivity index is 1.60. The van der Waals surface area contributed by atoms with Crippen LogP contribution in [0, 0.1) is 5.41 Å². The van der Waals surface area contributed by atoms with Crippen molar-refractivity contribution in [1.29, 1.82) is 0 Å². The Morgan fingerprint density at radius 3 is 2.96 bits per heavy atom. The maximum Gasteiger partial charge on any atom is 0.254 e. The lowest BCUT2D eigenvalue weighted by Crippen LogP contribution is -2.38. The van der Waals surface area contributed by atoms with Gasteiger partial charge in [0.15, 0.2) is 0 Å². The quantitative estimate of drug-likeness (QED) is 0.779. The van der Waals surface area contributed by atoms with E-state index in [1.807, 2.05) is 25.1 Å². The molecule has 0 saturated carbocycles. The Kier molecular flexibility index (Phi) is 5.55. The van der Waals surface area contributed by atoms with Gasteiger partial charge in [-0.15, -0.1) is 11.3 Å². The van der Waals surface area contributed by atoms with Gasteiger partial charge in [0.05, 0.1) is 28.0 Å². The molecule has 1 atom stereocenters. The van der Waals surface area contributed by atoms with E-state index in [2.05, 4.69) is 10.6 Å². The van der Waals surface area contributed by atoms with Gasteiger partial charge in [0.2, 0.25) is 0 Å². The molecule has 0 radical (unpaired) electrons. The minimum absolute atomic E-state index is 0.0433. The molecule has 1 unspecified atom stereocenters. The van der Waals surface area contributed by atoms with E-state index in [-0.39, 0.29) is 11.9 Å². The first-order valence-corrected chi connectivity index (χ1v) is 10.7. The van der Waals surface area contributed by atoms with Crippen LogP contribution < -0.4 is 10.6 Å². The number of hydrogen-bond donors (Lipinski definition) is 2. The van der Waals surface area contributed by atoms with E-state index in [1.54, 1.807) is 16.0 Å². The van der Waals surface area contributed by atoms with E-state index >= 15 is 0 Å². The van der Waals surface area contributed by atoms with Crippen LogP contribution in [0.15, 0.2) is 18.2 Å². The minimum Gasteiger partial charge on any atom is -0.381 e. The van der Waals surface area contributed by atoms with Crippen molar-refractivity contribution in [2.24, 2.45) is 5.41 Å². The van der Waals surface area contributed by atoms with E-state index in [4.69, 9.17) is 21.4 Å². The molecule has 4 heterocycles. The average Bonchev–Trinajstić information content (AvgIpc) is 3.40. The summed E-state index contributed by atoms with van der Waals surface area (Å²) in [5.74, 6) is 0.794. The summed E-state index contributed by atoms with van der Waals surface area (Å²) in [6.07, 6.45) is 3.64. The van der Waals surface area contributed by atoms with Crippen LogP contribution in [-0.2, 0) is 11.3 Å². The molecule has 2 fully saturated rings. The number of nitrogens with zero attached hydrogens (tertiary/aromatic N) is 2. The maximum atomic E-state index is 13.4. The highest BCUT2D eigenvalue weighted by molar-refractivity contribution is 7.16. The molecule has 2 aromatic heterocycles. The number of hydrogen-bond acceptors (Lipinski definition) is 6. The molecule has 2 N–H and O–H groups in total. The molecular formula is C19H25ClN4O2S. The predicted octanol–water partition coefficient (Wildman–Crippen LogP) is 4.09. The molecule has 6 nitrogen and oxygen atoms in total. The zero-order valence-electron chi connectivity index (χ0n) is 15.5. The number of nitrogens with one attached hydrogen (secondary N) is 2. The molecule has 2 aliphatic rings. The van der Waals surface area contributed by atoms with E-state index in [9.17, 15) is 4.79 Å². The van der Waals surface area contributed by atoms with E-state index < -0.39 is 5.41 Å². The summed E-state index contributed by atoms with van der Waals surface area (Å²) in [4.78, 5) is 14.5. The zero-order valence-corrected chi connectivity index (χ0v) is 17.0. The second-order valence-electron chi connectivity index (χ2n) is 7.55. The third kappa shape index (κ3) is 4.06. The highest BCUT2D eigenvalue weighted by atomic mass is 35.5. The number of ether oxygens (including phenoxy) is 1. The van der Waals surface area contributed by atoms with Crippen LogP contribution in [0.3, 0.4) is 0 Å². The lowest BCUT2D eigenvalue weighted by atomic mass is 9.81. The Morgan fingerprint density at radius 2 is 2.30 bits per heavy atom. The summed E-state index contributed by atoms with van der Waals surface area (Å²) in [7, 11) is 0. The zero-order chi connectivity index (χ0) is 18.9. The Bertz CT molecular complexity index is 806. The predicted molar refractivity (Wildman–Crippen MR) is 108 cm³/mol. The van der Waals surface area contributed by atoms with Crippen LogP contribution in [0.1, 0.15) is 54.0 Å². The van der Waals surface area contributed by atoms with E-state index in [0.29, 0.717) is 19.8 Å². The summed E-state index contributed by atoms with van der Waals surface area (Å²) < 4.78 is 7.80. The van der Waals surface area contributed by atoms with Gasteiger partial charge in [0, 0.05) is 24.2 Å². The highest BCUT2D eigenvalue weighted by Crippen LogP contribution is 2.34. The largest absolute Gasteiger partial charge is 0.381 e. The smallest absolute Gasteiger partial charge is 0.254 e. The van der Waals surface area contributed by atoms with Gasteiger partial charge in [-0.25, -0.2) is 0 Å². The SMILES string of the molecule is CC1(C(=O)n2nc(C3CCCN3)cc2NCc2ccc(Cl)s2)CCOCC1. The number of halogens is 1. The van der Waals surface area contributed by atoms with Crippen molar-refractivity contribution in [3.8, 4) is 0 Å². The molecule has 2 aromatic rings. The highest BCUT2D eigenvalue weighted by Gasteiger charge is 2.38. The number of aromatic nitrogens is 2. The van der Waals surface area contributed by atoms with Gasteiger partial charge < -0.3 is 15.4 Å². The molecule has 4 rings (SSSR count). The topological polar surface area (TPSA) is 68.2 Å². The van der Waals surface area contributed by atoms with Gasteiger partial charge >= 0.3 is 0 Å². The molecule has 0 bridgehead atoms. The van der Waals surface area contributed by atoms with Crippen molar-refractivity contribution in [1.82, 2.24) is 15.1 Å². The Labute approximate surface area is 168 Å². The van der Waals surface area contributed by atoms with Gasteiger partial charge in [-0.2, -0.15) is 9.78 Å². The fourth-order valence-corrected chi connectivity index (χ4v) is 4.73. The number of carbonyl (C=O) groups excluding carboxylic acids is 1. The molecule has 0 aromatic carbocycles. The number of thiophene rings is 1. The summed E-state index contributed by atoms with van der Waals surface area (Å²) in [6.45, 7) is 4.88.